The van der Waals surface area contributed by atoms with Crippen molar-refractivity contribution in [1.29, 1.82) is 0 Å². The second kappa shape index (κ2) is 6.11. The van der Waals surface area contributed by atoms with Gasteiger partial charge in [-0.05, 0) is 25.0 Å². The first kappa shape index (κ1) is 15.7. The van der Waals surface area contributed by atoms with Crippen LogP contribution in [0, 0.1) is 0 Å². The van der Waals surface area contributed by atoms with Crippen LogP contribution in [-0.4, -0.2) is 53.8 Å². The molecule has 2 aromatic heterocycles. The van der Waals surface area contributed by atoms with E-state index >= 15 is 0 Å². The third-order valence-electron chi connectivity index (χ3n) is 4.03. The molecule has 2 aromatic rings. The molecular formula is C15H18N4O3S. The van der Waals surface area contributed by atoms with Crippen molar-refractivity contribution < 1.29 is 13.2 Å². The van der Waals surface area contributed by atoms with Gasteiger partial charge in [-0.3, -0.25) is 14.9 Å². The van der Waals surface area contributed by atoms with Crippen molar-refractivity contribution in [2.24, 2.45) is 0 Å². The summed E-state index contributed by atoms with van der Waals surface area (Å²) in [5.74, 6) is -0.195. The van der Waals surface area contributed by atoms with Gasteiger partial charge in [0, 0.05) is 31.5 Å². The van der Waals surface area contributed by atoms with E-state index < -0.39 is 9.84 Å². The quantitative estimate of drug-likeness (QED) is 0.910. The number of amides is 1. The van der Waals surface area contributed by atoms with Gasteiger partial charge in [0.25, 0.3) is 5.91 Å². The van der Waals surface area contributed by atoms with Crippen LogP contribution >= 0.6 is 0 Å². The van der Waals surface area contributed by atoms with Gasteiger partial charge >= 0.3 is 0 Å². The number of sulfone groups is 1. The number of nitrogens with one attached hydrogen (secondary N) is 1. The van der Waals surface area contributed by atoms with E-state index in [1.807, 2.05) is 0 Å². The molecule has 8 heteroatoms. The number of rotatable bonds is 3. The van der Waals surface area contributed by atoms with E-state index in [4.69, 9.17) is 0 Å². The Morgan fingerprint density at radius 1 is 1.39 bits per heavy atom. The van der Waals surface area contributed by atoms with Crippen molar-refractivity contribution in [3.63, 3.8) is 0 Å². The fraction of sp³-hybridized carbons (Fsp3) is 0.400. The summed E-state index contributed by atoms with van der Waals surface area (Å²) in [6.07, 6.45) is 5.72. The van der Waals surface area contributed by atoms with Crippen molar-refractivity contribution in [3.8, 4) is 0 Å². The Labute approximate surface area is 134 Å². The Bertz CT molecular complexity index is 801. The highest BCUT2D eigenvalue weighted by atomic mass is 32.2. The lowest BCUT2D eigenvalue weighted by atomic mass is 9.94. The smallest absolute Gasteiger partial charge is 0.272 e. The second-order valence-electron chi connectivity index (χ2n) is 5.73. The zero-order chi connectivity index (χ0) is 16.4. The molecule has 0 aliphatic carbocycles. The molecule has 3 heterocycles. The molecule has 1 unspecified atom stereocenters. The lowest BCUT2D eigenvalue weighted by Gasteiger charge is -2.32. The van der Waals surface area contributed by atoms with E-state index in [0.29, 0.717) is 24.5 Å². The van der Waals surface area contributed by atoms with E-state index in [-0.39, 0.29) is 16.7 Å². The molecule has 23 heavy (non-hydrogen) atoms. The molecule has 3 rings (SSSR count). The predicted molar refractivity (Wildman–Crippen MR) is 83.8 cm³/mol. The van der Waals surface area contributed by atoms with Crippen LogP contribution < -0.4 is 0 Å². The van der Waals surface area contributed by atoms with Crippen LogP contribution in [-0.2, 0) is 9.84 Å². The van der Waals surface area contributed by atoms with Crippen LogP contribution in [0.25, 0.3) is 0 Å². The Kier molecular flexibility index (Phi) is 4.16. The number of aromatic nitrogens is 3. The molecule has 1 aliphatic rings. The SMILES string of the molecule is CS(=O)(=O)c1cn[nH]c1C1CCCN(C(=O)c2ccccn2)C1. The van der Waals surface area contributed by atoms with Crippen molar-refractivity contribution in [1.82, 2.24) is 20.1 Å². The van der Waals surface area contributed by atoms with Gasteiger partial charge in [-0.2, -0.15) is 5.10 Å². The van der Waals surface area contributed by atoms with Crippen molar-refractivity contribution in [2.75, 3.05) is 19.3 Å². The molecule has 1 amide bonds. The zero-order valence-corrected chi connectivity index (χ0v) is 13.6. The molecule has 0 spiro atoms. The Morgan fingerprint density at radius 3 is 2.91 bits per heavy atom. The molecule has 1 aliphatic heterocycles. The standard InChI is InChI=1S/C15H18N4O3S/c1-23(21,22)13-9-17-18-14(13)11-5-4-8-19(10-11)15(20)12-6-2-3-7-16-12/h2-3,6-7,9,11H,4-5,8,10H2,1H3,(H,17,18). The summed E-state index contributed by atoms with van der Waals surface area (Å²) in [7, 11) is -3.34. The Balaban J connectivity index is 1.82. The Morgan fingerprint density at radius 2 is 2.22 bits per heavy atom. The maximum atomic E-state index is 12.5. The molecule has 1 N–H and O–H groups in total. The lowest BCUT2D eigenvalue weighted by molar-refractivity contribution is 0.0699. The summed E-state index contributed by atoms with van der Waals surface area (Å²) in [4.78, 5) is 18.6. The monoisotopic (exact) mass is 334 g/mol. The summed E-state index contributed by atoms with van der Waals surface area (Å²) in [5.41, 5.74) is 0.993. The normalized spacial score (nSPS) is 18.8. The number of aromatic amines is 1. The van der Waals surface area contributed by atoms with Gasteiger partial charge < -0.3 is 4.90 Å². The molecule has 1 saturated heterocycles. The van der Waals surface area contributed by atoms with Gasteiger partial charge in [0.1, 0.15) is 10.6 Å². The van der Waals surface area contributed by atoms with Crippen molar-refractivity contribution in [2.45, 2.75) is 23.7 Å². The maximum Gasteiger partial charge on any atom is 0.272 e. The number of carbonyl (C=O) groups excluding carboxylic acids is 1. The first-order valence-corrected chi connectivity index (χ1v) is 9.29. The van der Waals surface area contributed by atoms with E-state index in [0.717, 1.165) is 12.8 Å². The summed E-state index contributed by atoms with van der Waals surface area (Å²) < 4.78 is 23.7. The predicted octanol–water partition coefficient (Wildman–Crippen LogP) is 1.23. The van der Waals surface area contributed by atoms with Crippen LogP contribution in [0.3, 0.4) is 0 Å². The van der Waals surface area contributed by atoms with E-state index in [2.05, 4.69) is 15.2 Å². The number of hydrogen-bond donors (Lipinski definition) is 1. The van der Waals surface area contributed by atoms with Crippen LogP contribution in [0.5, 0.6) is 0 Å². The summed E-state index contributed by atoms with van der Waals surface area (Å²) in [5, 5.41) is 6.67. The number of carbonyl (C=O) groups is 1. The van der Waals surface area contributed by atoms with E-state index in [1.165, 1.54) is 12.5 Å². The first-order chi connectivity index (χ1) is 11.0. The average molecular weight is 334 g/mol. The zero-order valence-electron chi connectivity index (χ0n) is 12.8. The van der Waals surface area contributed by atoms with Gasteiger partial charge in [0.05, 0.1) is 11.9 Å². The van der Waals surface area contributed by atoms with Gasteiger partial charge in [0.15, 0.2) is 9.84 Å². The number of piperidine rings is 1. The minimum absolute atomic E-state index is 0.0661. The number of likely N-dealkylation sites (tertiary alicyclic amines) is 1. The molecule has 0 aromatic carbocycles. The minimum atomic E-state index is -3.34. The van der Waals surface area contributed by atoms with E-state index in [9.17, 15) is 13.2 Å². The summed E-state index contributed by atoms with van der Waals surface area (Å²) in [6, 6.07) is 5.22. The number of nitrogens with zero attached hydrogens (tertiary/aromatic N) is 3. The molecule has 7 nitrogen and oxygen atoms in total. The molecule has 0 saturated carbocycles. The van der Waals surface area contributed by atoms with Crippen LogP contribution in [0.15, 0.2) is 35.5 Å². The van der Waals surface area contributed by atoms with Gasteiger partial charge in [-0.1, -0.05) is 6.07 Å². The van der Waals surface area contributed by atoms with Crippen LogP contribution in [0.4, 0.5) is 0 Å². The third-order valence-corrected chi connectivity index (χ3v) is 5.16. The fourth-order valence-corrected chi connectivity index (χ4v) is 3.78. The lowest BCUT2D eigenvalue weighted by Crippen LogP contribution is -2.39. The van der Waals surface area contributed by atoms with Gasteiger partial charge in [0.2, 0.25) is 0 Å². The van der Waals surface area contributed by atoms with Crippen LogP contribution in [0.2, 0.25) is 0 Å². The molecule has 1 atom stereocenters. The fourth-order valence-electron chi connectivity index (χ4n) is 2.92. The number of hydrogen-bond acceptors (Lipinski definition) is 5. The topological polar surface area (TPSA) is 96.0 Å². The van der Waals surface area contributed by atoms with Gasteiger partial charge in [-0.15, -0.1) is 0 Å². The summed E-state index contributed by atoms with van der Waals surface area (Å²) >= 11 is 0. The second-order valence-corrected chi connectivity index (χ2v) is 7.71. The largest absolute Gasteiger partial charge is 0.337 e. The first-order valence-electron chi connectivity index (χ1n) is 7.40. The average Bonchev–Trinajstić information content (AvgIpc) is 3.05. The number of H-pyrrole nitrogens is 1. The molecular weight excluding hydrogens is 316 g/mol. The molecule has 0 bridgehead atoms. The molecule has 0 radical (unpaired) electrons. The third kappa shape index (κ3) is 3.26. The van der Waals surface area contributed by atoms with Crippen LogP contribution in [0.1, 0.15) is 34.9 Å². The molecule has 1 fully saturated rings. The minimum Gasteiger partial charge on any atom is -0.337 e. The highest BCUT2D eigenvalue weighted by molar-refractivity contribution is 7.90. The number of pyridine rings is 1. The van der Waals surface area contributed by atoms with Crippen molar-refractivity contribution >= 4 is 15.7 Å². The van der Waals surface area contributed by atoms with Gasteiger partial charge in [-0.25, -0.2) is 8.42 Å². The van der Waals surface area contributed by atoms with Crippen molar-refractivity contribution in [3.05, 3.63) is 42.0 Å². The van der Waals surface area contributed by atoms with E-state index in [1.54, 1.807) is 29.3 Å². The maximum absolute atomic E-state index is 12.5. The Hall–Kier alpha value is -2.22. The highest BCUT2D eigenvalue weighted by Gasteiger charge is 2.30. The summed E-state index contributed by atoms with van der Waals surface area (Å²) in [6.45, 7) is 1.11. The highest BCUT2D eigenvalue weighted by Crippen LogP contribution is 2.30. The molecule has 122 valence electrons.